The molecule has 0 aromatic carbocycles. The number of carbonyl (C=O) groups is 1. The Hall–Kier alpha value is -2.31. The summed E-state index contributed by atoms with van der Waals surface area (Å²) < 4.78 is 0. The van der Waals surface area contributed by atoms with Crippen LogP contribution in [0.1, 0.15) is 22.5 Å². The fraction of sp³-hybridized carbons (Fsp3) is 0.389. The normalized spacial score (nSPS) is 21.4. The van der Waals surface area contributed by atoms with Crippen LogP contribution in [0.2, 0.25) is 0 Å². The van der Waals surface area contributed by atoms with Crippen LogP contribution in [0, 0.1) is 5.92 Å². The van der Waals surface area contributed by atoms with Crippen LogP contribution in [-0.4, -0.2) is 51.6 Å². The number of aliphatic hydroxyl groups is 1. The fourth-order valence-electron chi connectivity index (χ4n) is 3.06. The van der Waals surface area contributed by atoms with E-state index in [1.165, 1.54) is 0 Å². The monoisotopic (exact) mass is 326 g/mol. The first-order valence-electron chi connectivity index (χ1n) is 8.20. The molecule has 0 saturated carbocycles. The van der Waals surface area contributed by atoms with Gasteiger partial charge in [0.05, 0.1) is 11.3 Å². The number of aromatic nitrogens is 2. The van der Waals surface area contributed by atoms with Crippen molar-refractivity contribution in [2.45, 2.75) is 19.0 Å². The summed E-state index contributed by atoms with van der Waals surface area (Å²) in [4.78, 5) is 23.0. The van der Waals surface area contributed by atoms with Crippen LogP contribution in [0.4, 0.5) is 0 Å². The number of rotatable bonds is 5. The smallest absolute Gasteiger partial charge is 0.253 e. The zero-order chi connectivity index (χ0) is 16.8. The Balaban J connectivity index is 1.64. The first kappa shape index (κ1) is 16.5. The van der Waals surface area contributed by atoms with Crippen molar-refractivity contribution in [2.75, 3.05) is 19.7 Å². The molecule has 24 heavy (non-hydrogen) atoms. The van der Waals surface area contributed by atoms with Gasteiger partial charge < -0.3 is 10.4 Å². The number of nitrogens with zero attached hydrogens (tertiary/aromatic N) is 3. The highest BCUT2D eigenvalue weighted by Crippen LogP contribution is 2.19. The number of carbonyl (C=O) groups excluding carboxylic acids is 1. The Kier molecular flexibility index (Phi) is 5.51. The number of amides is 1. The van der Waals surface area contributed by atoms with Crippen molar-refractivity contribution in [3.63, 3.8) is 0 Å². The molecule has 0 spiro atoms. The average Bonchev–Trinajstić information content (AvgIpc) is 2.63. The predicted molar refractivity (Wildman–Crippen MR) is 90.2 cm³/mol. The zero-order valence-corrected chi connectivity index (χ0v) is 13.5. The van der Waals surface area contributed by atoms with E-state index in [9.17, 15) is 9.90 Å². The van der Waals surface area contributed by atoms with Crippen molar-refractivity contribution in [3.05, 3.63) is 60.2 Å². The summed E-state index contributed by atoms with van der Waals surface area (Å²) in [6.45, 7) is 2.42. The summed E-state index contributed by atoms with van der Waals surface area (Å²) in [5, 5.41) is 12.7. The standard InChI is InChI=1S/C18H22N4O2/c23-13-15-6-9-22(11-16-5-1-2-8-20-16)12-17(15)21-18(24)14-4-3-7-19-10-14/h1-5,7-8,10,15,17,23H,6,9,11-13H2,(H,21,24)/t15-,17-/m1/s1. The molecule has 126 valence electrons. The highest BCUT2D eigenvalue weighted by Gasteiger charge is 2.30. The summed E-state index contributed by atoms with van der Waals surface area (Å²) in [6.07, 6.45) is 5.83. The van der Waals surface area contributed by atoms with Gasteiger partial charge in [-0.2, -0.15) is 0 Å². The van der Waals surface area contributed by atoms with Gasteiger partial charge in [-0.3, -0.25) is 19.7 Å². The van der Waals surface area contributed by atoms with Crippen LogP contribution in [0.15, 0.2) is 48.9 Å². The second-order valence-corrected chi connectivity index (χ2v) is 6.11. The molecular formula is C18H22N4O2. The van der Waals surface area contributed by atoms with E-state index in [1.54, 1.807) is 30.7 Å². The van der Waals surface area contributed by atoms with E-state index in [1.807, 2.05) is 18.2 Å². The molecule has 1 saturated heterocycles. The summed E-state index contributed by atoms with van der Waals surface area (Å²) >= 11 is 0. The average molecular weight is 326 g/mol. The molecule has 2 aromatic rings. The van der Waals surface area contributed by atoms with Crippen LogP contribution >= 0.6 is 0 Å². The molecule has 3 rings (SSSR count). The van der Waals surface area contributed by atoms with E-state index in [2.05, 4.69) is 20.2 Å². The lowest BCUT2D eigenvalue weighted by Gasteiger charge is -2.38. The van der Waals surface area contributed by atoms with Gasteiger partial charge in [0.1, 0.15) is 0 Å². The van der Waals surface area contributed by atoms with E-state index in [0.717, 1.165) is 25.2 Å². The molecule has 2 atom stereocenters. The van der Waals surface area contributed by atoms with Gasteiger partial charge in [0, 0.05) is 50.2 Å². The largest absolute Gasteiger partial charge is 0.396 e. The van der Waals surface area contributed by atoms with Crippen molar-refractivity contribution in [1.82, 2.24) is 20.2 Å². The molecule has 0 radical (unpaired) electrons. The molecule has 6 heteroatoms. The molecule has 1 amide bonds. The molecule has 1 aliphatic heterocycles. The third kappa shape index (κ3) is 4.15. The van der Waals surface area contributed by atoms with Gasteiger partial charge >= 0.3 is 0 Å². The van der Waals surface area contributed by atoms with Gasteiger partial charge in [-0.15, -0.1) is 0 Å². The molecule has 0 aliphatic carbocycles. The van der Waals surface area contributed by atoms with E-state index in [4.69, 9.17) is 0 Å². The Morgan fingerprint density at radius 3 is 2.92 bits per heavy atom. The molecule has 2 aromatic heterocycles. The van der Waals surface area contributed by atoms with E-state index in [0.29, 0.717) is 12.1 Å². The number of piperidine rings is 1. The minimum atomic E-state index is -0.147. The number of nitrogens with one attached hydrogen (secondary N) is 1. The molecule has 3 heterocycles. The quantitative estimate of drug-likeness (QED) is 0.860. The lowest BCUT2D eigenvalue weighted by atomic mass is 9.92. The second-order valence-electron chi connectivity index (χ2n) is 6.11. The van der Waals surface area contributed by atoms with E-state index >= 15 is 0 Å². The zero-order valence-electron chi connectivity index (χ0n) is 13.5. The molecule has 6 nitrogen and oxygen atoms in total. The second kappa shape index (κ2) is 7.99. The van der Waals surface area contributed by atoms with Crippen LogP contribution in [-0.2, 0) is 6.54 Å². The summed E-state index contributed by atoms with van der Waals surface area (Å²) in [6, 6.07) is 9.28. The minimum Gasteiger partial charge on any atom is -0.396 e. The third-order valence-corrected chi connectivity index (χ3v) is 4.43. The van der Waals surface area contributed by atoms with Crippen LogP contribution < -0.4 is 5.32 Å². The number of hydrogen-bond donors (Lipinski definition) is 2. The Morgan fingerprint density at radius 2 is 2.21 bits per heavy atom. The first-order chi connectivity index (χ1) is 11.8. The van der Waals surface area contributed by atoms with Crippen LogP contribution in [0.25, 0.3) is 0 Å². The molecule has 1 fully saturated rings. The lowest BCUT2D eigenvalue weighted by Crippen LogP contribution is -2.53. The minimum absolute atomic E-state index is 0.0746. The van der Waals surface area contributed by atoms with Crippen molar-refractivity contribution < 1.29 is 9.90 Å². The fourth-order valence-corrected chi connectivity index (χ4v) is 3.06. The van der Waals surface area contributed by atoms with E-state index in [-0.39, 0.29) is 24.5 Å². The van der Waals surface area contributed by atoms with Gasteiger partial charge in [0.2, 0.25) is 0 Å². The van der Waals surface area contributed by atoms with Gasteiger partial charge in [-0.05, 0) is 37.2 Å². The maximum absolute atomic E-state index is 12.4. The Morgan fingerprint density at radius 1 is 1.29 bits per heavy atom. The number of likely N-dealkylation sites (tertiary alicyclic amines) is 1. The summed E-state index contributed by atoms with van der Waals surface area (Å²) in [7, 11) is 0. The molecule has 2 N–H and O–H groups in total. The van der Waals surface area contributed by atoms with Crippen molar-refractivity contribution in [2.24, 2.45) is 5.92 Å². The number of aliphatic hydroxyl groups excluding tert-OH is 1. The highest BCUT2D eigenvalue weighted by atomic mass is 16.3. The predicted octanol–water partition coefficient (Wildman–Crippen LogP) is 1.09. The van der Waals surface area contributed by atoms with Crippen LogP contribution in [0.5, 0.6) is 0 Å². The summed E-state index contributed by atoms with van der Waals surface area (Å²) in [5.74, 6) is -0.0724. The molecule has 0 unspecified atom stereocenters. The van der Waals surface area contributed by atoms with Crippen molar-refractivity contribution in [3.8, 4) is 0 Å². The maximum Gasteiger partial charge on any atom is 0.253 e. The van der Waals surface area contributed by atoms with Gasteiger partial charge in [-0.1, -0.05) is 6.07 Å². The third-order valence-electron chi connectivity index (χ3n) is 4.43. The topological polar surface area (TPSA) is 78.4 Å². The summed E-state index contributed by atoms with van der Waals surface area (Å²) in [5.41, 5.74) is 1.55. The van der Waals surface area contributed by atoms with Crippen molar-refractivity contribution in [1.29, 1.82) is 0 Å². The van der Waals surface area contributed by atoms with E-state index < -0.39 is 0 Å². The van der Waals surface area contributed by atoms with Gasteiger partial charge in [0.15, 0.2) is 0 Å². The lowest BCUT2D eigenvalue weighted by molar-refractivity contribution is 0.0727. The van der Waals surface area contributed by atoms with Crippen molar-refractivity contribution >= 4 is 5.91 Å². The molecule has 1 aliphatic rings. The van der Waals surface area contributed by atoms with Gasteiger partial charge in [0.25, 0.3) is 5.91 Å². The molecular weight excluding hydrogens is 304 g/mol. The maximum atomic E-state index is 12.4. The van der Waals surface area contributed by atoms with Gasteiger partial charge in [-0.25, -0.2) is 0 Å². The SMILES string of the molecule is O=C(N[C@@H]1CN(Cc2ccccn2)CC[C@@H]1CO)c1cccnc1. The Bertz CT molecular complexity index is 651. The Labute approximate surface area is 141 Å². The number of hydrogen-bond acceptors (Lipinski definition) is 5. The molecule has 0 bridgehead atoms. The van der Waals surface area contributed by atoms with Crippen LogP contribution in [0.3, 0.4) is 0 Å². The highest BCUT2D eigenvalue weighted by molar-refractivity contribution is 5.94. The first-order valence-corrected chi connectivity index (χ1v) is 8.20. The number of pyridine rings is 2.